The molecular formula is C16H12Cl2N2. The van der Waals surface area contributed by atoms with Crippen molar-refractivity contribution in [1.29, 1.82) is 0 Å². The van der Waals surface area contributed by atoms with Crippen LogP contribution < -0.4 is 0 Å². The highest BCUT2D eigenvalue weighted by atomic mass is 35.5. The van der Waals surface area contributed by atoms with E-state index >= 15 is 0 Å². The fraction of sp³-hybridized carbons (Fsp3) is 0.0625. The van der Waals surface area contributed by atoms with E-state index < -0.39 is 0 Å². The van der Waals surface area contributed by atoms with Gasteiger partial charge >= 0.3 is 0 Å². The molecule has 0 N–H and O–H groups in total. The third kappa shape index (κ3) is 2.45. The van der Waals surface area contributed by atoms with Gasteiger partial charge in [-0.2, -0.15) is 5.10 Å². The molecule has 100 valence electrons. The van der Waals surface area contributed by atoms with E-state index in [1.54, 1.807) is 12.3 Å². The van der Waals surface area contributed by atoms with E-state index in [2.05, 4.69) is 36.3 Å². The summed E-state index contributed by atoms with van der Waals surface area (Å²) in [4.78, 5) is 0. The Hall–Kier alpha value is -1.77. The number of nitrogens with zero attached hydrogens (tertiary/aromatic N) is 2. The minimum atomic E-state index is 0.523. The minimum Gasteiger partial charge on any atom is -0.233 e. The van der Waals surface area contributed by atoms with Crippen LogP contribution in [0.25, 0.3) is 16.9 Å². The molecule has 2 aromatic carbocycles. The van der Waals surface area contributed by atoms with Gasteiger partial charge in [-0.15, -0.1) is 0 Å². The zero-order chi connectivity index (χ0) is 14.1. The SMILES string of the molecule is Cc1ccc(-c2ccnn2-c2ccc(Cl)c(Cl)c2)cc1. The zero-order valence-electron chi connectivity index (χ0n) is 10.8. The molecule has 0 aliphatic rings. The first kappa shape index (κ1) is 13.2. The highest BCUT2D eigenvalue weighted by molar-refractivity contribution is 6.42. The lowest BCUT2D eigenvalue weighted by atomic mass is 10.1. The van der Waals surface area contributed by atoms with Gasteiger partial charge < -0.3 is 0 Å². The van der Waals surface area contributed by atoms with Crippen LogP contribution in [0, 0.1) is 6.92 Å². The second kappa shape index (κ2) is 5.31. The first-order chi connectivity index (χ1) is 9.65. The van der Waals surface area contributed by atoms with Crippen molar-refractivity contribution >= 4 is 23.2 Å². The number of benzene rings is 2. The average Bonchev–Trinajstić information content (AvgIpc) is 2.92. The summed E-state index contributed by atoms with van der Waals surface area (Å²) in [6.07, 6.45) is 1.78. The summed E-state index contributed by atoms with van der Waals surface area (Å²) in [6, 6.07) is 15.8. The second-order valence-corrected chi connectivity index (χ2v) is 5.41. The highest BCUT2D eigenvalue weighted by Crippen LogP contribution is 2.27. The van der Waals surface area contributed by atoms with E-state index in [1.165, 1.54) is 5.56 Å². The van der Waals surface area contributed by atoms with E-state index in [1.807, 2.05) is 22.9 Å². The van der Waals surface area contributed by atoms with Crippen LogP contribution in [0.15, 0.2) is 54.7 Å². The monoisotopic (exact) mass is 302 g/mol. The first-order valence-corrected chi connectivity index (χ1v) is 6.97. The van der Waals surface area contributed by atoms with Crippen molar-refractivity contribution in [2.45, 2.75) is 6.92 Å². The highest BCUT2D eigenvalue weighted by Gasteiger charge is 2.08. The van der Waals surface area contributed by atoms with Crippen molar-refractivity contribution in [3.8, 4) is 16.9 Å². The normalized spacial score (nSPS) is 10.8. The molecule has 0 aliphatic carbocycles. The quantitative estimate of drug-likeness (QED) is 0.640. The molecule has 20 heavy (non-hydrogen) atoms. The maximum atomic E-state index is 6.08. The topological polar surface area (TPSA) is 17.8 Å². The summed E-state index contributed by atoms with van der Waals surface area (Å²) in [5.74, 6) is 0. The summed E-state index contributed by atoms with van der Waals surface area (Å²) < 4.78 is 1.85. The zero-order valence-corrected chi connectivity index (χ0v) is 12.4. The fourth-order valence-corrected chi connectivity index (χ4v) is 2.36. The summed E-state index contributed by atoms with van der Waals surface area (Å²) in [7, 11) is 0. The summed E-state index contributed by atoms with van der Waals surface area (Å²) in [6.45, 7) is 2.07. The van der Waals surface area contributed by atoms with Crippen LogP contribution in [0.4, 0.5) is 0 Å². The largest absolute Gasteiger partial charge is 0.233 e. The van der Waals surface area contributed by atoms with Gasteiger partial charge in [-0.1, -0.05) is 53.0 Å². The van der Waals surface area contributed by atoms with Crippen LogP contribution >= 0.6 is 23.2 Å². The van der Waals surface area contributed by atoms with Gasteiger partial charge in [0.1, 0.15) is 0 Å². The van der Waals surface area contributed by atoms with Gasteiger partial charge in [0.05, 0.1) is 27.6 Å². The molecule has 0 saturated heterocycles. The predicted octanol–water partition coefficient (Wildman–Crippen LogP) is 5.15. The molecule has 1 heterocycles. The van der Waals surface area contributed by atoms with Crippen molar-refractivity contribution in [2.24, 2.45) is 0 Å². The number of rotatable bonds is 2. The van der Waals surface area contributed by atoms with Crippen molar-refractivity contribution in [3.05, 3.63) is 70.3 Å². The number of aryl methyl sites for hydroxylation is 1. The van der Waals surface area contributed by atoms with Crippen LogP contribution in [-0.4, -0.2) is 9.78 Å². The maximum absolute atomic E-state index is 6.08. The average molecular weight is 303 g/mol. The summed E-state index contributed by atoms with van der Waals surface area (Å²) >= 11 is 12.0. The second-order valence-electron chi connectivity index (χ2n) is 4.59. The Morgan fingerprint density at radius 1 is 0.900 bits per heavy atom. The number of hydrogen-bond donors (Lipinski definition) is 0. The van der Waals surface area contributed by atoms with E-state index in [4.69, 9.17) is 23.2 Å². The van der Waals surface area contributed by atoms with Crippen molar-refractivity contribution in [1.82, 2.24) is 9.78 Å². The molecule has 3 aromatic rings. The van der Waals surface area contributed by atoms with E-state index in [0.717, 1.165) is 16.9 Å². The smallest absolute Gasteiger partial charge is 0.0740 e. The number of hydrogen-bond acceptors (Lipinski definition) is 1. The van der Waals surface area contributed by atoms with Crippen molar-refractivity contribution < 1.29 is 0 Å². The molecule has 0 fully saturated rings. The Kier molecular flexibility index (Phi) is 3.51. The van der Waals surface area contributed by atoms with E-state index in [-0.39, 0.29) is 0 Å². The molecule has 0 unspecified atom stereocenters. The standard InChI is InChI=1S/C16H12Cl2N2/c1-11-2-4-12(5-3-11)16-8-9-19-20(16)13-6-7-14(17)15(18)10-13/h2-10H,1H3. The Balaban J connectivity index is 2.10. The van der Waals surface area contributed by atoms with Crippen LogP contribution in [0.1, 0.15) is 5.56 Å². The Morgan fingerprint density at radius 2 is 1.65 bits per heavy atom. The fourth-order valence-electron chi connectivity index (χ4n) is 2.07. The van der Waals surface area contributed by atoms with E-state index in [0.29, 0.717) is 10.0 Å². The molecule has 0 atom stereocenters. The lowest BCUT2D eigenvalue weighted by molar-refractivity contribution is 0.888. The summed E-state index contributed by atoms with van der Waals surface area (Å²) in [5.41, 5.74) is 4.25. The Labute approximate surface area is 127 Å². The van der Waals surface area contributed by atoms with Gasteiger partial charge in [0.2, 0.25) is 0 Å². The number of aromatic nitrogens is 2. The van der Waals surface area contributed by atoms with Crippen LogP contribution in [0.5, 0.6) is 0 Å². The molecule has 2 nitrogen and oxygen atoms in total. The third-order valence-corrected chi connectivity index (χ3v) is 3.88. The van der Waals surface area contributed by atoms with Crippen molar-refractivity contribution in [3.63, 3.8) is 0 Å². The molecule has 0 spiro atoms. The molecule has 0 bridgehead atoms. The predicted molar refractivity (Wildman–Crippen MR) is 83.8 cm³/mol. The van der Waals surface area contributed by atoms with Gasteiger partial charge in [0.25, 0.3) is 0 Å². The molecule has 0 saturated carbocycles. The number of halogens is 2. The van der Waals surface area contributed by atoms with Crippen LogP contribution in [0.3, 0.4) is 0 Å². The van der Waals surface area contributed by atoms with Crippen LogP contribution in [-0.2, 0) is 0 Å². The molecule has 0 amide bonds. The van der Waals surface area contributed by atoms with Gasteiger partial charge in [-0.3, -0.25) is 0 Å². The molecule has 0 aliphatic heterocycles. The Morgan fingerprint density at radius 3 is 2.35 bits per heavy atom. The van der Waals surface area contributed by atoms with Gasteiger partial charge in [0, 0.05) is 5.56 Å². The third-order valence-electron chi connectivity index (χ3n) is 3.14. The minimum absolute atomic E-state index is 0.523. The van der Waals surface area contributed by atoms with Crippen LogP contribution in [0.2, 0.25) is 10.0 Å². The van der Waals surface area contributed by atoms with Gasteiger partial charge in [-0.05, 0) is 31.2 Å². The summed E-state index contributed by atoms with van der Waals surface area (Å²) in [5, 5.41) is 5.43. The lowest BCUT2D eigenvalue weighted by Crippen LogP contribution is -1.98. The van der Waals surface area contributed by atoms with Gasteiger partial charge in [0.15, 0.2) is 0 Å². The first-order valence-electron chi connectivity index (χ1n) is 6.21. The van der Waals surface area contributed by atoms with Gasteiger partial charge in [-0.25, -0.2) is 4.68 Å². The van der Waals surface area contributed by atoms with Crippen molar-refractivity contribution in [2.75, 3.05) is 0 Å². The molecule has 4 heteroatoms. The maximum Gasteiger partial charge on any atom is 0.0740 e. The molecule has 1 aromatic heterocycles. The van der Waals surface area contributed by atoms with E-state index in [9.17, 15) is 0 Å². The molecular weight excluding hydrogens is 291 g/mol. The Bertz CT molecular complexity index is 745. The molecule has 3 rings (SSSR count). The lowest BCUT2D eigenvalue weighted by Gasteiger charge is -2.09. The molecule has 0 radical (unpaired) electrons.